The second kappa shape index (κ2) is 6.68. The first-order valence-corrected chi connectivity index (χ1v) is 9.67. The summed E-state index contributed by atoms with van der Waals surface area (Å²) in [5.74, 6) is 0.721. The molecule has 7 heteroatoms. The van der Waals surface area contributed by atoms with Gasteiger partial charge in [0.25, 0.3) is 0 Å². The number of para-hydroxylation sites is 1. The molecule has 0 saturated heterocycles. The maximum atomic E-state index is 6.10. The van der Waals surface area contributed by atoms with Gasteiger partial charge in [0.2, 0.25) is 0 Å². The molecular weight excluding hydrogens is 360 g/mol. The van der Waals surface area contributed by atoms with Crippen molar-refractivity contribution < 1.29 is 0 Å². The first-order chi connectivity index (χ1) is 11.8. The van der Waals surface area contributed by atoms with Gasteiger partial charge in [0.05, 0.1) is 11.4 Å². The molecule has 0 aliphatic rings. The van der Waals surface area contributed by atoms with Crippen LogP contribution in [0.1, 0.15) is 0 Å². The van der Waals surface area contributed by atoms with E-state index < -0.39 is 0 Å². The molecular formula is C17H11ClN4S2. The van der Waals surface area contributed by atoms with Gasteiger partial charge in [-0.3, -0.25) is 0 Å². The van der Waals surface area contributed by atoms with Crippen molar-refractivity contribution >= 4 is 38.3 Å². The molecule has 0 aliphatic heterocycles. The molecule has 2 aromatic carbocycles. The molecule has 24 heavy (non-hydrogen) atoms. The lowest BCUT2D eigenvalue weighted by Gasteiger charge is -2.02. The van der Waals surface area contributed by atoms with Crippen LogP contribution in [-0.2, 0) is 0 Å². The summed E-state index contributed by atoms with van der Waals surface area (Å²) in [6, 6.07) is 21.9. The second-order valence-corrected chi connectivity index (χ2v) is 7.15. The average Bonchev–Trinajstić information content (AvgIpc) is 3.24. The van der Waals surface area contributed by atoms with Crippen molar-refractivity contribution in [1.82, 2.24) is 14.2 Å². The van der Waals surface area contributed by atoms with Gasteiger partial charge in [-0.1, -0.05) is 60.1 Å². The number of hydrogen-bond donors (Lipinski definition) is 0. The Morgan fingerprint density at radius 2 is 1.67 bits per heavy atom. The van der Waals surface area contributed by atoms with Gasteiger partial charge < -0.3 is 0 Å². The first-order valence-electron chi connectivity index (χ1n) is 7.18. The van der Waals surface area contributed by atoms with Crippen molar-refractivity contribution in [2.24, 2.45) is 4.99 Å². The number of hydrogen-bond acceptors (Lipinski definition) is 5. The summed E-state index contributed by atoms with van der Waals surface area (Å²) in [6.45, 7) is 0. The minimum atomic E-state index is 0.423. The Morgan fingerprint density at radius 1 is 0.958 bits per heavy atom. The van der Waals surface area contributed by atoms with Crippen LogP contribution in [0.3, 0.4) is 0 Å². The summed E-state index contributed by atoms with van der Waals surface area (Å²) >= 11 is 6.10. The van der Waals surface area contributed by atoms with E-state index >= 15 is 0 Å². The molecule has 0 fully saturated rings. The quantitative estimate of drug-likeness (QED) is 0.479. The molecule has 0 saturated carbocycles. The summed E-state index contributed by atoms with van der Waals surface area (Å²) in [5, 5.41) is 5.15. The van der Waals surface area contributed by atoms with Gasteiger partial charge in [-0.2, -0.15) is 9.47 Å². The molecule has 0 radical (unpaired) electrons. The summed E-state index contributed by atoms with van der Waals surface area (Å²) in [6.07, 6.45) is 0. The minimum Gasteiger partial charge on any atom is -0.215 e. The highest BCUT2D eigenvalue weighted by Crippen LogP contribution is 2.26. The zero-order chi connectivity index (χ0) is 16.4. The highest BCUT2D eigenvalue weighted by molar-refractivity contribution is 7.66. The second-order valence-electron chi connectivity index (χ2n) is 4.96. The van der Waals surface area contributed by atoms with Gasteiger partial charge >= 0.3 is 0 Å². The molecule has 0 atom stereocenters. The van der Waals surface area contributed by atoms with Gasteiger partial charge in [-0.05, 0) is 22.5 Å². The van der Waals surface area contributed by atoms with E-state index in [1.165, 1.54) is 20.9 Å². The van der Waals surface area contributed by atoms with E-state index in [2.05, 4.69) is 9.37 Å². The Bertz CT molecular complexity index is 1020. The number of aromatic nitrogens is 3. The van der Waals surface area contributed by atoms with E-state index in [0.29, 0.717) is 9.82 Å². The number of benzene rings is 2. The third-order valence-corrected chi connectivity index (χ3v) is 5.56. The maximum absolute atomic E-state index is 6.10. The number of nitrogens with zero attached hydrogens (tertiary/aromatic N) is 4. The normalized spacial score (nSPS) is 11.8. The molecule has 4 nitrogen and oxygen atoms in total. The molecule has 0 amide bonds. The van der Waals surface area contributed by atoms with Gasteiger partial charge in [0, 0.05) is 22.2 Å². The monoisotopic (exact) mass is 370 g/mol. The average molecular weight is 371 g/mol. The van der Waals surface area contributed by atoms with Crippen LogP contribution >= 0.6 is 32.5 Å². The molecule has 2 aromatic heterocycles. The molecule has 0 spiro atoms. The molecule has 0 unspecified atom stereocenters. The first kappa shape index (κ1) is 15.3. The van der Waals surface area contributed by atoms with Crippen molar-refractivity contribution in [3.8, 4) is 16.9 Å². The third-order valence-electron chi connectivity index (χ3n) is 3.39. The Kier molecular flexibility index (Phi) is 4.25. The van der Waals surface area contributed by atoms with Crippen LogP contribution in [0.5, 0.6) is 0 Å². The predicted molar refractivity (Wildman–Crippen MR) is 99.2 cm³/mol. The lowest BCUT2D eigenvalue weighted by Crippen LogP contribution is -1.99. The standard InChI is InChI=1S/C17H11ClN4S2/c18-16-17(23-24-21-16)19-15-11-14(12-7-3-1-4-8-12)20-22(15)13-9-5-2-6-10-13/h1-11H. The van der Waals surface area contributed by atoms with E-state index in [-0.39, 0.29) is 0 Å². The Balaban J connectivity index is 1.91. The molecule has 4 aromatic rings. The van der Waals surface area contributed by atoms with Gasteiger partial charge in [0.15, 0.2) is 15.6 Å². The van der Waals surface area contributed by atoms with Crippen molar-refractivity contribution in [2.75, 3.05) is 0 Å². The Labute approximate surface area is 150 Å². The van der Waals surface area contributed by atoms with Crippen molar-refractivity contribution in [1.29, 1.82) is 0 Å². The topological polar surface area (TPSA) is 43.1 Å². The van der Waals surface area contributed by atoms with Crippen LogP contribution in [0.15, 0.2) is 71.7 Å². The fourth-order valence-electron chi connectivity index (χ4n) is 2.29. The smallest absolute Gasteiger partial charge is 0.179 e. The predicted octanol–water partition coefficient (Wildman–Crippen LogP) is 4.94. The zero-order valence-electron chi connectivity index (χ0n) is 12.3. The van der Waals surface area contributed by atoms with Crippen molar-refractivity contribution in [2.45, 2.75) is 0 Å². The van der Waals surface area contributed by atoms with E-state index in [0.717, 1.165) is 22.8 Å². The van der Waals surface area contributed by atoms with Crippen LogP contribution in [0, 0.1) is 0 Å². The van der Waals surface area contributed by atoms with E-state index in [1.54, 1.807) is 0 Å². The van der Waals surface area contributed by atoms with Crippen LogP contribution < -0.4 is 4.67 Å². The molecule has 0 aliphatic carbocycles. The van der Waals surface area contributed by atoms with Gasteiger partial charge in [0.1, 0.15) is 0 Å². The van der Waals surface area contributed by atoms with Crippen molar-refractivity contribution in [3.05, 3.63) is 76.6 Å². The third kappa shape index (κ3) is 3.03. The van der Waals surface area contributed by atoms with E-state index in [9.17, 15) is 0 Å². The highest BCUT2D eigenvalue weighted by Gasteiger charge is 2.11. The fourth-order valence-corrected chi connectivity index (χ4v) is 4.27. The zero-order valence-corrected chi connectivity index (χ0v) is 14.7. The lowest BCUT2D eigenvalue weighted by molar-refractivity contribution is 0.880. The van der Waals surface area contributed by atoms with Crippen LogP contribution in [0.2, 0.25) is 5.15 Å². The minimum absolute atomic E-state index is 0.423. The number of halogens is 1. The molecule has 0 bridgehead atoms. The Morgan fingerprint density at radius 3 is 2.33 bits per heavy atom. The molecule has 4 rings (SSSR count). The summed E-state index contributed by atoms with van der Waals surface area (Å²) < 4.78 is 6.60. The van der Waals surface area contributed by atoms with Gasteiger partial charge in [-0.25, -0.2) is 9.67 Å². The number of rotatable bonds is 3. The van der Waals surface area contributed by atoms with E-state index in [1.807, 2.05) is 71.4 Å². The molecule has 0 N–H and O–H groups in total. The summed E-state index contributed by atoms with van der Waals surface area (Å²) in [4.78, 5) is 4.66. The fraction of sp³-hybridized carbons (Fsp3) is 0. The molecule has 118 valence electrons. The summed E-state index contributed by atoms with van der Waals surface area (Å²) in [7, 11) is 2.77. The Hall–Kier alpha value is -2.28. The van der Waals surface area contributed by atoms with Crippen molar-refractivity contribution in [3.63, 3.8) is 0 Å². The van der Waals surface area contributed by atoms with Gasteiger partial charge in [-0.15, -0.1) is 0 Å². The van der Waals surface area contributed by atoms with Crippen LogP contribution in [0.25, 0.3) is 16.9 Å². The lowest BCUT2D eigenvalue weighted by atomic mass is 10.2. The summed E-state index contributed by atoms with van der Waals surface area (Å²) in [5.41, 5.74) is 2.85. The van der Waals surface area contributed by atoms with Crippen LogP contribution in [0.4, 0.5) is 5.82 Å². The SMILES string of the molecule is Clc1nssc1=Nc1cc(-c2ccccc2)nn1-c1ccccc1. The highest BCUT2D eigenvalue weighted by atomic mass is 35.5. The maximum Gasteiger partial charge on any atom is 0.179 e. The molecule has 2 heterocycles. The van der Waals surface area contributed by atoms with Crippen LogP contribution in [-0.4, -0.2) is 14.2 Å². The van der Waals surface area contributed by atoms with E-state index in [4.69, 9.17) is 16.7 Å². The largest absolute Gasteiger partial charge is 0.215 e.